The van der Waals surface area contributed by atoms with Crippen LogP contribution in [0.15, 0.2) is 186 Å². The molecule has 11 rings (SSSR count). The van der Waals surface area contributed by atoms with E-state index in [1.807, 2.05) is 12.1 Å². The summed E-state index contributed by atoms with van der Waals surface area (Å²) >= 11 is 0. The second-order valence-electron chi connectivity index (χ2n) is 15.2. The Kier molecular flexibility index (Phi) is 8.19. The summed E-state index contributed by atoms with van der Waals surface area (Å²) in [7, 11) is 0. The molecular formula is C54H36N4O. The van der Waals surface area contributed by atoms with E-state index in [0.29, 0.717) is 17.5 Å². The fourth-order valence-corrected chi connectivity index (χ4v) is 8.23. The molecule has 0 fully saturated rings. The number of nitrogens with zero attached hydrogens (tertiary/aromatic N) is 4. The van der Waals surface area contributed by atoms with Crippen LogP contribution in [0.25, 0.3) is 111 Å². The van der Waals surface area contributed by atoms with E-state index in [2.05, 4.69) is 184 Å². The molecular weight excluding hydrogens is 721 g/mol. The van der Waals surface area contributed by atoms with E-state index in [9.17, 15) is 0 Å². The van der Waals surface area contributed by atoms with E-state index >= 15 is 0 Å². The van der Waals surface area contributed by atoms with E-state index in [1.165, 1.54) is 16.5 Å². The number of aromatic nitrogens is 4. The van der Waals surface area contributed by atoms with Gasteiger partial charge in [0.2, 0.25) is 0 Å². The molecule has 11 aromatic rings. The molecule has 5 nitrogen and oxygen atoms in total. The number of benzene rings is 8. The molecule has 3 aromatic heterocycles. The summed E-state index contributed by atoms with van der Waals surface area (Å²) in [4.78, 5) is 20.2. The first-order chi connectivity index (χ1) is 29.0. The normalized spacial score (nSPS) is 11.6. The molecule has 0 bridgehead atoms. The molecule has 0 saturated carbocycles. The van der Waals surface area contributed by atoms with Crippen LogP contribution in [0.5, 0.6) is 0 Å². The molecule has 3 heterocycles. The van der Waals surface area contributed by atoms with Gasteiger partial charge >= 0.3 is 0 Å². The number of pyridine rings is 1. The Morgan fingerprint density at radius 2 is 0.814 bits per heavy atom. The highest BCUT2D eigenvalue weighted by molar-refractivity contribution is 6.27. The average Bonchev–Trinajstić information content (AvgIpc) is 3.67. The van der Waals surface area contributed by atoms with Crippen molar-refractivity contribution >= 4 is 43.6 Å². The first-order valence-corrected chi connectivity index (χ1v) is 19.9. The number of rotatable bonds is 6. The molecule has 278 valence electrons. The summed E-state index contributed by atoms with van der Waals surface area (Å²) in [6.07, 6.45) is 0. The smallest absolute Gasteiger partial charge is 0.164 e. The molecule has 0 aliphatic rings. The van der Waals surface area contributed by atoms with Gasteiger partial charge < -0.3 is 4.42 Å². The maximum absolute atomic E-state index is 6.57. The van der Waals surface area contributed by atoms with Gasteiger partial charge in [0, 0.05) is 54.7 Å². The minimum absolute atomic E-state index is 0.635. The zero-order valence-electron chi connectivity index (χ0n) is 32.5. The quantitative estimate of drug-likeness (QED) is 0.158. The van der Waals surface area contributed by atoms with Gasteiger partial charge in [0.1, 0.15) is 11.2 Å². The topological polar surface area (TPSA) is 64.7 Å². The zero-order chi connectivity index (χ0) is 39.5. The van der Waals surface area contributed by atoms with Crippen LogP contribution >= 0.6 is 0 Å². The third-order valence-electron chi connectivity index (χ3n) is 11.3. The molecule has 0 aliphatic carbocycles. The summed E-state index contributed by atoms with van der Waals surface area (Å²) in [6, 6.07) is 63.4. The SMILES string of the molecule is Cc1ccc(-c2nc(-c3ccc(C)cc3)nc(-c3ccc(-c4ccc(-c5nc6ccccc6c6c(-c7ccccc7)c7c(cc56)oc5ccccc57)cc4)cc3)n2)cc1. The first-order valence-electron chi connectivity index (χ1n) is 19.9. The highest BCUT2D eigenvalue weighted by atomic mass is 16.3. The molecule has 0 spiro atoms. The standard InChI is InChI=1S/C54H36N4O/c1-33-16-20-39(21-17-33)52-56-53(40-22-18-34(2)19-23-40)58-54(57-52)41-30-26-36(27-31-41)35-24-28-38(29-25-35)51-44-32-47-50(43-13-7-9-15-46(43)59-47)48(37-10-4-3-5-11-37)49(44)42-12-6-8-14-45(42)55-51/h3-32H,1-2H3. The molecule has 59 heavy (non-hydrogen) atoms. The van der Waals surface area contributed by atoms with Gasteiger partial charge in [-0.2, -0.15) is 0 Å². The summed E-state index contributed by atoms with van der Waals surface area (Å²) in [6.45, 7) is 4.16. The second kappa shape index (κ2) is 14.0. The lowest BCUT2D eigenvalue weighted by atomic mass is 9.89. The van der Waals surface area contributed by atoms with E-state index in [4.69, 9.17) is 24.4 Å². The highest BCUT2D eigenvalue weighted by Crippen LogP contribution is 2.46. The molecule has 0 N–H and O–H groups in total. The number of hydrogen-bond donors (Lipinski definition) is 0. The Labute approximate surface area is 341 Å². The summed E-state index contributed by atoms with van der Waals surface area (Å²) in [5.41, 5.74) is 14.3. The van der Waals surface area contributed by atoms with Crippen molar-refractivity contribution in [2.75, 3.05) is 0 Å². The minimum Gasteiger partial charge on any atom is -0.456 e. The molecule has 0 amide bonds. The maximum Gasteiger partial charge on any atom is 0.164 e. The van der Waals surface area contributed by atoms with Crippen LogP contribution in [-0.2, 0) is 0 Å². The van der Waals surface area contributed by atoms with Crippen LogP contribution in [0.2, 0.25) is 0 Å². The van der Waals surface area contributed by atoms with Crippen molar-refractivity contribution in [2.45, 2.75) is 13.8 Å². The second-order valence-corrected chi connectivity index (χ2v) is 15.2. The van der Waals surface area contributed by atoms with Crippen molar-refractivity contribution in [1.29, 1.82) is 0 Å². The van der Waals surface area contributed by atoms with Crippen LogP contribution in [0.1, 0.15) is 11.1 Å². The average molecular weight is 757 g/mol. The minimum atomic E-state index is 0.635. The Morgan fingerprint density at radius 1 is 0.339 bits per heavy atom. The van der Waals surface area contributed by atoms with Crippen LogP contribution in [0, 0.1) is 13.8 Å². The lowest BCUT2D eigenvalue weighted by Gasteiger charge is -2.16. The maximum atomic E-state index is 6.57. The molecule has 0 unspecified atom stereocenters. The number of furan rings is 1. The van der Waals surface area contributed by atoms with Gasteiger partial charge in [0.15, 0.2) is 17.5 Å². The lowest BCUT2D eigenvalue weighted by Crippen LogP contribution is -2.00. The summed E-state index contributed by atoms with van der Waals surface area (Å²) < 4.78 is 6.57. The Balaban J connectivity index is 1.01. The molecule has 0 radical (unpaired) electrons. The van der Waals surface area contributed by atoms with E-state index in [-0.39, 0.29) is 0 Å². The number of fused-ring (bicyclic) bond motifs is 6. The Bertz CT molecular complexity index is 3290. The third kappa shape index (κ3) is 6.12. The van der Waals surface area contributed by atoms with E-state index in [0.717, 1.165) is 88.4 Å². The third-order valence-corrected chi connectivity index (χ3v) is 11.3. The highest BCUT2D eigenvalue weighted by Gasteiger charge is 2.21. The fourth-order valence-electron chi connectivity index (χ4n) is 8.23. The number of aryl methyl sites for hydroxylation is 2. The predicted molar refractivity (Wildman–Crippen MR) is 242 cm³/mol. The van der Waals surface area contributed by atoms with Gasteiger partial charge in [-0.15, -0.1) is 0 Å². The molecule has 0 atom stereocenters. The Morgan fingerprint density at radius 3 is 1.41 bits per heavy atom. The van der Waals surface area contributed by atoms with Gasteiger partial charge in [-0.05, 0) is 48.7 Å². The van der Waals surface area contributed by atoms with Gasteiger partial charge in [-0.25, -0.2) is 19.9 Å². The lowest BCUT2D eigenvalue weighted by molar-refractivity contribution is 0.669. The molecule has 8 aromatic carbocycles. The fraction of sp³-hybridized carbons (Fsp3) is 0.0370. The predicted octanol–water partition coefficient (Wildman–Crippen LogP) is 14.1. The van der Waals surface area contributed by atoms with Crippen molar-refractivity contribution in [3.8, 4) is 67.7 Å². The van der Waals surface area contributed by atoms with Crippen LogP contribution in [-0.4, -0.2) is 19.9 Å². The molecule has 5 heteroatoms. The van der Waals surface area contributed by atoms with Gasteiger partial charge in [-0.3, -0.25) is 0 Å². The monoisotopic (exact) mass is 756 g/mol. The molecule has 0 saturated heterocycles. The van der Waals surface area contributed by atoms with Crippen molar-refractivity contribution in [3.63, 3.8) is 0 Å². The van der Waals surface area contributed by atoms with Crippen LogP contribution in [0.3, 0.4) is 0 Å². The summed E-state index contributed by atoms with van der Waals surface area (Å²) in [5.74, 6) is 1.93. The van der Waals surface area contributed by atoms with Gasteiger partial charge in [-0.1, -0.05) is 175 Å². The van der Waals surface area contributed by atoms with Crippen molar-refractivity contribution < 1.29 is 4.42 Å². The molecule has 0 aliphatic heterocycles. The zero-order valence-corrected chi connectivity index (χ0v) is 32.5. The van der Waals surface area contributed by atoms with Gasteiger partial charge in [0.05, 0.1) is 11.2 Å². The van der Waals surface area contributed by atoms with Crippen molar-refractivity contribution in [3.05, 3.63) is 193 Å². The van der Waals surface area contributed by atoms with Crippen molar-refractivity contribution in [2.24, 2.45) is 0 Å². The number of hydrogen-bond acceptors (Lipinski definition) is 5. The number of para-hydroxylation sites is 2. The Hall–Kier alpha value is -7.76. The van der Waals surface area contributed by atoms with E-state index < -0.39 is 0 Å². The van der Waals surface area contributed by atoms with Crippen molar-refractivity contribution in [1.82, 2.24) is 19.9 Å². The van der Waals surface area contributed by atoms with Gasteiger partial charge in [0.25, 0.3) is 0 Å². The first kappa shape index (κ1) is 34.5. The summed E-state index contributed by atoms with van der Waals surface area (Å²) in [5, 5.41) is 5.57. The van der Waals surface area contributed by atoms with Crippen LogP contribution in [0.4, 0.5) is 0 Å². The van der Waals surface area contributed by atoms with E-state index in [1.54, 1.807) is 0 Å². The van der Waals surface area contributed by atoms with Crippen LogP contribution < -0.4 is 0 Å². The largest absolute Gasteiger partial charge is 0.456 e.